The highest BCUT2D eigenvalue weighted by atomic mass is 32.2. The zero-order valence-electron chi connectivity index (χ0n) is 14.4. The number of aryl methyl sites for hydroxylation is 1. The van der Waals surface area contributed by atoms with E-state index >= 15 is 0 Å². The van der Waals surface area contributed by atoms with Crippen molar-refractivity contribution in [2.75, 3.05) is 45.3 Å². The van der Waals surface area contributed by atoms with E-state index in [4.69, 9.17) is 0 Å². The van der Waals surface area contributed by atoms with E-state index in [9.17, 15) is 13.2 Å². The Balaban J connectivity index is 2.49. The summed E-state index contributed by atoms with van der Waals surface area (Å²) >= 11 is 0. The minimum absolute atomic E-state index is 0.142. The summed E-state index contributed by atoms with van der Waals surface area (Å²) in [6.45, 7) is 3.41. The minimum Gasteiger partial charge on any atom is -0.326 e. The van der Waals surface area contributed by atoms with E-state index in [2.05, 4.69) is 5.32 Å². The Bertz CT molecular complexity index is 598. The lowest BCUT2D eigenvalue weighted by atomic mass is 10.2. The SMILES string of the molecule is Cc1ccc(NC(=O)CCN(CCCN(C)C)S(C)(=O)=O)cc1. The number of carbonyl (C=O) groups is 1. The molecule has 0 fully saturated rings. The number of amides is 1. The van der Waals surface area contributed by atoms with Crippen LogP contribution in [0, 0.1) is 6.92 Å². The Morgan fingerprint density at radius 2 is 1.70 bits per heavy atom. The number of rotatable bonds is 9. The van der Waals surface area contributed by atoms with Crippen LogP contribution in [-0.4, -0.2) is 63.5 Å². The quantitative estimate of drug-likeness (QED) is 0.740. The highest BCUT2D eigenvalue weighted by Gasteiger charge is 2.17. The van der Waals surface area contributed by atoms with Crippen LogP contribution in [0.1, 0.15) is 18.4 Å². The average Bonchev–Trinajstić information content (AvgIpc) is 2.43. The van der Waals surface area contributed by atoms with Gasteiger partial charge in [-0.25, -0.2) is 12.7 Å². The largest absolute Gasteiger partial charge is 0.326 e. The number of nitrogens with one attached hydrogen (secondary N) is 1. The first-order valence-corrected chi connectivity index (χ1v) is 9.49. The number of anilines is 1. The average molecular weight is 341 g/mol. The molecule has 1 N–H and O–H groups in total. The molecule has 0 spiro atoms. The maximum absolute atomic E-state index is 12.0. The molecule has 1 aromatic carbocycles. The number of carbonyl (C=O) groups excluding carboxylic acids is 1. The molecule has 0 unspecified atom stereocenters. The first-order chi connectivity index (χ1) is 10.7. The number of benzene rings is 1. The molecule has 1 amide bonds. The van der Waals surface area contributed by atoms with Gasteiger partial charge in [-0.3, -0.25) is 4.79 Å². The second-order valence-corrected chi connectivity index (χ2v) is 7.97. The smallest absolute Gasteiger partial charge is 0.225 e. The molecule has 0 aliphatic carbocycles. The molecule has 7 heteroatoms. The fourth-order valence-electron chi connectivity index (χ4n) is 2.09. The third-order valence-corrected chi connectivity index (χ3v) is 4.71. The molecule has 0 radical (unpaired) electrons. The van der Waals surface area contributed by atoms with Gasteiger partial charge in [0.15, 0.2) is 0 Å². The van der Waals surface area contributed by atoms with Gasteiger partial charge in [-0.15, -0.1) is 0 Å². The van der Waals surface area contributed by atoms with Crippen molar-refractivity contribution in [2.24, 2.45) is 0 Å². The topological polar surface area (TPSA) is 69.7 Å². The van der Waals surface area contributed by atoms with Crippen molar-refractivity contribution in [1.29, 1.82) is 0 Å². The first-order valence-electron chi connectivity index (χ1n) is 7.65. The second-order valence-electron chi connectivity index (χ2n) is 5.98. The van der Waals surface area contributed by atoms with E-state index in [1.807, 2.05) is 50.2 Å². The summed E-state index contributed by atoms with van der Waals surface area (Å²) < 4.78 is 25.0. The molecule has 0 saturated heterocycles. The number of hydrogen-bond donors (Lipinski definition) is 1. The zero-order chi connectivity index (χ0) is 17.5. The van der Waals surface area contributed by atoms with Gasteiger partial charge in [0.25, 0.3) is 0 Å². The highest BCUT2D eigenvalue weighted by molar-refractivity contribution is 7.88. The molecule has 1 rings (SSSR count). The van der Waals surface area contributed by atoms with E-state index in [1.54, 1.807) is 0 Å². The predicted molar refractivity (Wildman–Crippen MR) is 94.0 cm³/mol. The number of hydrogen-bond acceptors (Lipinski definition) is 4. The van der Waals surface area contributed by atoms with Crippen LogP contribution < -0.4 is 5.32 Å². The van der Waals surface area contributed by atoms with E-state index < -0.39 is 10.0 Å². The first kappa shape index (κ1) is 19.6. The Labute approximate surface area is 139 Å². The van der Waals surface area contributed by atoms with Gasteiger partial charge < -0.3 is 10.2 Å². The summed E-state index contributed by atoms with van der Waals surface area (Å²) in [6, 6.07) is 7.50. The van der Waals surface area contributed by atoms with Crippen LogP contribution in [0.4, 0.5) is 5.69 Å². The highest BCUT2D eigenvalue weighted by Crippen LogP contribution is 2.09. The molecule has 6 nitrogen and oxygen atoms in total. The van der Waals surface area contributed by atoms with Crippen molar-refractivity contribution >= 4 is 21.6 Å². The molecular weight excluding hydrogens is 314 g/mol. The van der Waals surface area contributed by atoms with Crippen LogP contribution in [0.15, 0.2) is 24.3 Å². The van der Waals surface area contributed by atoms with Crippen molar-refractivity contribution in [3.8, 4) is 0 Å². The lowest BCUT2D eigenvalue weighted by molar-refractivity contribution is -0.116. The summed E-state index contributed by atoms with van der Waals surface area (Å²) in [5.74, 6) is -0.185. The van der Waals surface area contributed by atoms with Gasteiger partial charge in [0.2, 0.25) is 15.9 Å². The Morgan fingerprint density at radius 3 is 2.22 bits per heavy atom. The fourth-order valence-corrected chi connectivity index (χ4v) is 2.98. The van der Waals surface area contributed by atoms with Crippen molar-refractivity contribution < 1.29 is 13.2 Å². The predicted octanol–water partition coefficient (Wildman–Crippen LogP) is 1.54. The number of sulfonamides is 1. The molecule has 0 aliphatic rings. The third kappa shape index (κ3) is 8.11. The van der Waals surface area contributed by atoms with Crippen LogP contribution in [0.2, 0.25) is 0 Å². The van der Waals surface area contributed by atoms with Gasteiger partial charge in [0.1, 0.15) is 0 Å². The van der Waals surface area contributed by atoms with Gasteiger partial charge in [-0.1, -0.05) is 17.7 Å². The van der Waals surface area contributed by atoms with Gasteiger partial charge >= 0.3 is 0 Å². The lowest BCUT2D eigenvalue weighted by Crippen LogP contribution is -2.35. The number of nitrogens with zero attached hydrogens (tertiary/aromatic N) is 2. The van der Waals surface area contributed by atoms with Crippen molar-refractivity contribution in [2.45, 2.75) is 19.8 Å². The maximum Gasteiger partial charge on any atom is 0.225 e. The van der Waals surface area contributed by atoms with Crippen LogP contribution in [0.25, 0.3) is 0 Å². The summed E-state index contributed by atoms with van der Waals surface area (Å²) in [5, 5.41) is 2.78. The molecule has 0 bridgehead atoms. The molecule has 0 aromatic heterocycles. The standard InChI is InChI=1S/C16H27N3O3S/c1-14-6-8-15(9-7-14)17-16(20)10-13-19(23(4,21)22)12-5-11-18(2)3/h6-9H,5,10-13H2,1-4H3,(H,17,20). The van der Waals surface area contributed by atoms with Crippen molar-refractivity contribution in [1.82, 2.24) is 9.21 Å². The summed E-state index contributed by atoms with van der Waals surface area (Å²) in [6.07, 6.45) is 2.06. The summed E-state index contributed by atoms with van der Waals surface area (Å²) in [7, 11) is 0.586. The molecule has 0 atom stereocenters. The molecule has 1 aromatic rings. The summed E-state index contributed by atoms with van der Waals surface area (Å²) in [4.78, 5) is 14.0. The van der Waals surface area contributed by atoms with Crippen LogP contribution in [-0.2, 0) is 14.8 Å². The van der Waals surface area contributed by atoms with Crippen LogP contribution in [0.5, 0.6) is 0 Å². The van der Waals surface area contributed by atoms with Gasteiger partial charge in [-0.05, 0) is 46.1 Å². The zero-order valence-corrected chi connectivity index (χ0v) is 15.2. The van der Waals surface area contributed by atoms with E-state index in [1.165, 1.54) is 10.6 Å². The monoisotopic (exact) mass is 341 g/mol. The molecule has 130 valence electrons. The molecule has 23 heavy (non-hydrogen) atoms. The molecule has 0 aliphatic heterocycles. The lowest BCUT2D eigenvalue weighted by Gasteiger charge is -2.20. The Kier molecular flexibility index (Phi) is 7.67. The van der Waals surface area contributed by atoms with E-state index in [0.717, 1.165) is 24.2 Å². The maximum atomic E-state index is 12.0. The van der Waals surface area contributed by atoms with Gasteiger partial charge in [0, 0.05) is 25.2 Å². The van der Waals surface area contributed by atoms with Crippen LogP contribution >= 0.6 is 0 Å². The Hall–Kier alpha value is -1.44. The third-order valence-electron chi connectivity index (χ3n) is 3.41. The van der Waals surface area contributed by atoms with Gasteiger partial charge in [0.05, 0.1) is 6.26 Å². The van der Waals surface area contributed by atoms with E-state index in [-0.39, 0.29) is 18.9 Å². The molecule has 0 saturated carbocycles. The van der Waals surface area contributed by atoms with E-state index in [0.29, 0.717) is 6.54 Å². The summed E-state index contributed by atoms with van der Waals surface area (Å²) in [5.41, 5.74) is 1.84. The van der Waals surface area contributed by atoms with Crippen molar-refractivity contribution in [3.05, 3.63) is 29.8 Å². The normalized spacial score (nSPS) is 11.9. The van der Waals surface area contributed by atoms with Crippen molar-refractivity contribution in [3.63, 3.8) is 0 Å². The molecular formula is C16H27N3O3S. The minimum atomic E-state index is -3.30. The molecule has 0 heterocycles. The second kappa shape index (κ2) is 9.00. The Morgan fingerprint density at radius 1 is 1.09 bits per heavy atom. The van der Waals surface area contributed by atoms with Gasteiger partial charge in [-0.2, -0.15) is 0 Å². The fraction of sp³-hybridized carbons (Fsp3) is 0.562. The van der Waals surface area contributed by atoms with Crippen LogP contribution in [0.3, 0.4) is 0 Å².